The van der Waals surface area contributed by atoms with Gasteiger partial charge in [0.1, 0.15) is 0 Å². The van der Waals surface area contributed by atoms with Crippen molar-refractivity contribution in [1.82, 2.24) is 9.62 Å². The number of carbonyl (C=O) groups is 1. The number of hydrogen-bond donors (Lipinski definition) is 1. The van der Waals surface area contributed by atoms with Crippen LogP contribution in [0.4, 0.5) is 0 Å². The molecule has 0 unspecified atom stereocenters. The van der Waals surface area contributed by atoms with Crippen LogP contribution in [-0.4, -0.2) is 37.9 Å². The zero-order valence-electron chi connectivity index (χ0n) is 12.6. The van der Waals surface area contributed by atoms with Crippen LogP contribution in [-0.2, 0) is 14.8 Å². The highest BCUT2D eigenvalue weighted by molar-refractivity contribution is 7.89. The smallest absolute Gasteiger partial charge is 0.240 e. The summed E-state index contributed by atoms with van der Waals surface area (Å²) in [6.07, 6.45) is 2.33. The van der Waals surface area contributed by atoms with Gasteiger partial charge in [0.2, 0.25) is 15.9 Å². The van der Waals surface area contributed by atoms with Gasteiger partial charge in [-0.05, 0) is 35.7 Å². The van der Waals surface area contributed by atoms with E-state index in [4.69, 9.17) is 0 Å². The van der Waals surface area contributed by atoms with Crippen molar-refractivity contribution < 1.29 is 13.2 Å². The van der Waals surface area contributed by atoms with E-state index >= 15 is 0 Å². The van der Waals surface area contributed by atoms with Crippen molar-refractivity contribution in [2.45, 2.75) is 36.2 Å². The molecule has 1 aliphatic heterocycles. The summed E-state index contributed by atoms with van der Waals surface area (Å²) in [6.45, 7) is 0.482. The quantitative estimate of drug-likeness (QED) is 0.931. The molecule has 120 valence electrons. The van der Waals surface area contributed by atoms with E-state index in [1.807, 2.05) is 29.2 Å². The first-order valence-electron chi connectivity index (χ1n) is 7.83. The lowest BCUT2D eigenvalue weighted by Gasteiger charge is -2.16. The molecule has 1 saturated heterocycles. The van der Waals surface area contributed by atoms with E-state index in [2.05, 4.69) is 4.72 Å². The maximum Gasteiger partial charge on any atom is 0.240 e. The summed E-state index contributed by atoms with van der Waals surface area (Å²) in [5.41, 5.74) is 0. The Balaban J connectivity index is 1.56. The Hall–Kier alpha value is -1.92. The van der Waals surface area contributed by atoms with Crippen LogP contribution in [0.25, 0.3) is 10.8 Å². The van der Waals surface area contributed by atoms with E-state index in [0.717, 1.165) is 23.6 Å². The van der Waals surface area contributed by atoms with Crippen LogP contribution >= 0.6 is 0 Å². The van der Waals surface area contributed by atoms with E-state index < -0.39 is 10.0 Å². The molecule has 4 rings (SSSR count). The van der Waals surface area contributed by atoms with E-state index in [9.17, 15) is 13.2 Å². The van der Waals surface area contributed by atoms with Crippen LogP contribution in [0.1, 0.15) is 19.3 Å². The molecule has 1 N–H and O–H groups in total. The van der Waals surface area contributed by atoms with Crippen molar-refractivity contribution in [2.24, 2.45) is 0 Å². The fourth-order valence-electron chi connectivity index (χ4n) is 3.17. The number of carbonyl (C=O) groups excluding carboxylic acids is 1. The average molecular weight is 330 g/mol. The molecule has 23 heavy (non-hydrogen) atoms. The van der Waals surface area contributed by atoms with Gasteiger partial charge in [0.25, 0.3) is 0 Å². The van der Waals surface area contributed by atoms with E-state index in [0.29, 0.717) is 12.6 Å². The number of nitrogens with one attached hydrogen (secondary N) is 1. The highest BCUT2D eigenvalue weighted by atomic mass is 32.2. The number of sulfonamides is 1. The van der Waals surface area contributed by atoms with E-state index in [-0.39, 0.29) is 23.3 Å². The van der Waals surface area contributed by atoms with Crippen molar-refractivity contribution in [3.05, 3.63) is 42.5 Å². The number of benzene rings is 2. The third-order valence-corrected chi connectivity index (χ3v) is 6.02. The van der Waals surface area contributed by atoms with Gasteiger partial charge < -0.3 is 4.90 Å². The number of rotatable bonds is 4. The Morgan fingerprint density at radius 1 is 1.04 bits per heavy atom. The van der Waals surface area contributed by atoms with Gasteiger partial charge in [-0.25, -0.2) is 13.1 Å². The van der Waals surface area contributed by atoms with Crippen molar-refractivity contribution in [3.8, 4) is 0 Å². The molecule has 1 saturated carbocycles. The SMILES string of the molecule is O=C1C[C@@H](NS(=O)(=O)c2ccc3ccccc3c2)CN1C1CC1. The Morgan fingerprint density at radius 2 is 1.78 bits per heavy atom. The highest BCUT2D eigenvalue weighted by Gasteiger charge is 2.40. The summed E-state index contributed by atoms with van der Waals surface area (Å²) in [7, 11) is -3.62. The van der Waals surface area contributed by atoms with Crippen LogP contribution in [0.5, 0.6) is 0 Å². The van der Waals surface area contributed by atoms with Crippen LogP contribution in [0.3, 0.4) is 0 Å². The summed E-state index contributed by atoms with van der Waals surface area (Å²) in [5.74, 6) is 0.0544. The third-order valence-electron chi connectivity index (χ3n) is 4.50. The second kappa shape index (κ2) is 5.32. The molecular weight excluding hydrogens is 312 g/mol. The standard InChI is InChI=1S/C17H18N2O3S/c20-17-10-14(11-19(17)15-6-7-15)18-23(21,22)16-8-5-12-3-1-2-4-13(12)9-16/h1-5,8-9,14-15,18H,6-7,10-11H2/t14-/m1/s1. The molecule has 0 radical (unpaired) electrons. The molecule has 6 heteroatoms. The molecule has 1 aliphatic carbocycles. The predicted molar refractivity (Wildman–Crippen MR) is 87.4 cm³/mol. The number of nitrogens with zero attached hydrogens (tertiary/aromatic N) is 1. The van der Waals surface area contributed by atoms with Crippen LogP contribution in [0, 0.1) is 0 Å². The zero-order chi connectivity index (χ0) is 16.0. The molecule has 1 amide bonds. The van der Waals surface area contributed by atoms with E-state index in [1.54, 1.807) is 18.2 Å². The van der Waals surface area contributed by atoms with Gasteiger partial charge in [-0.1, -0.05) is 30.3 Å². The van der Waals surface area contributed by atoms with Gasteiger partial charge >= 0.3 is 0 Å². The summed E-state index contributed by atoms with van der Waals surface area (Å²) >= 11 is 0. The largest absolute Gasteiger partial charge is 0.338 e. The second-order valence-electron chi connectivity index (χ2n) is 6.31. The topological polar surface area (TPSA) is 66.5 Å². The summed E-state index contributed by atoms with van der Waals surface area (Å²) < 4.78 is 27.9. The first-order chi connectivity index (χ1) is 11.0. The van der Waals surface area contributed by atoms with Crippen LogP contribution < -0.4 is 4.72 Å². The lowest BCUT2D eigenvalue weighted by atomic mass is 10.1. The highest BCUT2D eigenvalue weighted by Crippen LogP contribution is 2.31. The third kappa shape index (κ3) is 2.84. The molecule has 1 heterocycles. The summed E-state index contributed by atoms with van der Waals surface area (Å²) in [6, 6.07) is 12.7. The molecule has 2 aromatic rings. The minimum atomic E-state index is -3.62. The number of likely N-dealkylation sites (tertiary alicyclic amines) is 1. The predicted octanol–water partition coefficient (Wildman–Crippen LogP) is 1.88. The number of fused-ring (bicyclic) bond motifs is 1. The molecule has 1 atom stereocenters. The van der Waals surface area contributed by atoms with Gasteiger partial charge in [-0.3, -0.25) is 4.79 Å². The number of hydrogen-bond acceptors (Lipinski definition) is 3. The molecule has 0 bridgehead atoms. The monoisotopic (exact) mass is 330 g/mol. The second-order valence-corrected chi connectivity index (χ2v) is 8.02. The molecule has 0 spiro atoms. The maximum atomic E-state index is 12.6. The maximum absolute atomic E-state index is 12.6. The minimum absolute atomic E-state index is 0.0544. The fourth-order valence-corrected chi connectivity index (χ4v) is 4.43. The number of amides is 1. The first-order valence-corrected chi connectivity index (χ1v) is 9.32. The van der Waals surface area contributed by atoms with Crippen molar-refractivity contribution in [3.63, 3.8) is 0 Å². The molecule has 5 nitrogen and oxygen atoms in total. The normalized spacial score (nSPS) is 22.0. The van der Waals surface area contributed by atoms with E-state index in [1.165, 1.54) is 0 Å². The van der Waals surface area contributed by atoms with Gasteiger partial charge in [0.15, 0.2) is 0 Å². The molecule has 2 aliphatic rings. The van der Waals surface area contributed by atoms with Crippen molar-refractivity contribution >= 4 is 26.7 Å². The van der Waals surface area contributed by atoms with Crippen LogP contribution in [0.2, 0.25) is 0 Å². The molecule has 2 fully saturated rings. The summed E-state index contributed by atoms with van der Waals surface area (Å²) in [4.78, 5) is 14.0. The first kappa shape index (κ1) is 14.7. The Morgan fingerprint density at radius 3 is 2.52 bits per heavy atom. The average Bonchev–Trinajstić information content (AvgIpc) is 3.31. The lowest BCUT2D eigenvalue weighted by molar-refractivity contribution is -0.128. The van der Waals surface area contributed by atoms with Crippen molar-refractivity contribution in [1.29, 1.82) is 0 Å². The minimum Gasteiger partial charge on any atom is -0.338 e. The van der Waals surface area contributed by atoms with Gasteiger partial charge in [-0.15, -0.1) is 0 Å². The Kier molecular flexibility index (Phi) is 3.39. The molecule has 0 aromatic heterocycles. The van der Waals surface area contributed by atoms with Gasteiger partial charge in [0, 0.05) is 25.0 Å². The van der Waals surface area contributed by atoms with Gasteiger partial charge in [0.05, 0.1) is 4.90 Å². The lowest BCUT2D eigenvalue weighted by Crippen LogP contribution is -2.37. The molecular formula is C17H18N2O3S. The van der Waals surface area contributed by atoms with Gasteiger partial charge in [-0.2, -0.15) is 0 Å². The zero-order valence-corrected chi connectivity index (χ0v) is 13.4. The summed E-state index contributed by atoms with van der Waals surface area (Å²) in [5, 5.41) is 1.89. The van der Waals surface area contributed by atoms with Crippen molar-refractivity contribution in [2.75, 3.05) is 6.54 Å². The Labute approximate surface area is 135 Å². The fraction of sp³-hybridized carbons (Fsp3) is 0.353. The Bertz CT molecular complexity index is 874. The molecule has 2 aromatic carbocycles. The van der Waals surface area contributed by atoms with Crippen LogP contribution in [0.15, 0.2) is 47.4 Å².